The van der Waals surface area contributed by atoms with E-state index in [1.165, 1.54) is 31.0 Å². The molecule has 0 aromatic heterocycles. The van der Waals surface area contributed by atoms with E-state index in [2.05, 4.69) is 16.8 Å². The highest BCUT2D eigenvalue weighted by Crippen LogP contribution is 2.29. The zero-order valence-corrected chi connectivity index (χ0v) is 12.3. The van der Waals surface area contributed by atoms with Gasteiger partial charge in [-0.25, -0.2) is 9.18 Å². The Morgan fingerprint density at radius 3 is 2.86 bits per heavy atom. The van der Waals surface area contributed by atoms with Gasteiger partial charge in [0.2, 0.25) is 0 Å². The van der Waals surface area contributed by atoms with Crippen molar-refractivity contribution in [1.82, 2.24) is 9.80 Å². The number of carbonyl (C=O) groups is 1. The maximum atomic E-state index is 13.9. The average molecular weight is 292 g/mol. The smallest absolute Gasteiger partial charge is 0.335 e. The lowest BCUT2D eigenvalue weighted by molar-refractivity contribution is 0.0696. The molecule has 2 saturated heterocycles. The molecule has 1 aromatic carbocycles. The topological polar surface area (TPSA) is 43.8 Å². The van der Waals surface area contributed by atoms with Gasteiger partial charge < -0.3 is 5.11 Å². The zero-order chi connectivity index (χ0) is 15.0. The minimum Gasteiger partial charge on any atom is -0.478 e. The highest BCUT2D eigenvalue weighted by molar-refractivity contribution is 5.87. The first-order chi connectivity index (χ1) is 10.0. The van der Waals surface area contributed by atoms with Gasteiger partial charge in [0.25, 0.3) is 0 Å². The number of halogens is 1. The molecule has 0 spiro atoms. The van der Waals surface area contributed by atoms with Crippen LogP contribution < -0.4 is 0 Å². The molecule has 2 aliphatic rings. The fourth-order valence-electron chi connectivity index (χ4n) is 3.59. The second kappa shape index (κ2) is 5.73. The summed E-state index contributed by atoms with van der Waals surface area (Å²) in [7, 11) is 2.18. The minimum absolute atomic E-state index is 0.153. The van der Waals surface area contributed by atoms with Crippen molar-refractivity contribution in [3.8, 4) is 0 Å². The van der Waals surface area contributed by atoms with Crippen molar-refractivity contribution in [3.05, 3.63) is 35.1 Å². The summed E-state index contributed by atoms with van der Waals surface area (Å²) in [6.07, 6.45) is 3.57. The Morgan fingerprint density at radius 1 is 1.33 bits per heavy atom. The van der Waals surface area contributed by atoms with Gasteiger partial charge in [0.1, 0.15) is 5.82 Å². The monoisotopic (exact) mass is 292 g/mol. The third kappa shape index (κ3) is 2.94. The lowest BCUT2D eigenvalue weighted by Gasteiger charge is -2.25. The first kappa shape index (κ1) is 14.5. The predicted octanol–water partition coefficient (Wildman–Crippen LogP) is 2.19. The maximum absolute atomic E-state index is 13.9. The molecular formula is C16H21FN2O2. The summed E-state index contributed by atoms with van der Waals surface area (Å²) in [4.78, 5) is 15.7. The summed E-state index contributed by atoms with van der Waals surface area (Å²) in [6.45, 7) is 2.37. The highest BCUT2D eigenvalue weighted by atomic mass is 19.1. The van der Waals surface area contributed by atoms with Crippen molar-refractivity contribution in [3.63, 3.8) is 0 Å². The molecule has 4 nitrogen and oxygen atoms in total. The number of carboxylic acid groups (broad SMARTS) is 1. The van der Waals surface area contributed by atoms with Gasteiger partial charge in [-0.3, -0.25) is 9.80 Å². The van der Waals surface area contributed by atoms with E-state index >= 15 is 0 Å². The standard InChI is InChI=1S/C16H21FN2O2/c1-18-13-3-4-14(18)10-19(7-6-13)9-12-8-11(16(20)21)2-5-15(12)17/h2,5,8,13-14H,3-4,6-7,9-10H2,1H3,(H,20,21). The summed E-state index contributed by atoms with van der Waals surface area (Å²) < 4.78 is 13.9. The van der Waals surface area contributed by atoms with Gasteiger partial charge >= 0.3 is 5.97 Å². The van der Waals surface area contributed by atoms with Gasteiger partial charge in [-0.05, 0) is 44.5 Å². The normalized spacial score (nSPS) is 26.8. The zero-order valence-electron chi connectivity index (χ0n) is 12.3. The van der Waals surface area contributed by atoms with Crippen LogP contribution in [0.4, 0.5) is 4.39 Å². The number of carboxylic acids is 1. The van der Waals surface area contributed by atoms with E-state index in [0.717, 1.165) is 19.5 Å². The number of hydrogen-bond donors (Lipinski definition) is 1. The van der Waals surface area contributed by atoms with Crippen LogP contribution in [-0.4, -0.2) is 53.1 Å². The van der Waals surface area contributed by atoms with Crippen molar-refractivity contribution in [2.24, 2.45) is 0 Å². The van der Waals surface area contributed by atoms with E-state index in [4.69, 9.17) is 5.11 Å². The van der Waals surface area contributed by atoms with Crippen LogP contribution in [0.1, 0.15) is 35.2 Å². The molecule has 21 heavy (non-hydrogen) atoms. The Bertz CT molecular complexity index is 549. The Labute approximate surface area is 124 Å². The average Bonchev–Trinajstić information content (AvgIpc) is 2.69. The molecular weight excluding hydrogens is 271 g/mol. The van der Waals surface area contributed by atoms with Crippen LogP contribution in [0.25, 0.3) is 0 Å². The van der Waals surface area contributed by atoms with Crippen LogP contribution in [0, 0.1) is 5.82 Å². The fourth-order valence-corrected chi connectivity index (χ4v) is 3.59. The highest BCUT2D eigenvalue weighted by Gasteiger charge is 2.34. The van der Waals surface area contributed by atoms with Crippen LogP contribution in [0.2, 0.25) is 0 Å². The molecule has 0 radical (unpaired) electrons. The molecule has 0 aliphatic carbocycles. The molecule has 3 rings (SSSR count). The number of hydrogen-bond acceptors (Lipinski definition) is 3. The molecule has 1 aromatic rings. The molecule has 2 unspecified atom stereocenters. The lowest BCUT2D eigenvalue weighted by Crippen LogP contribution is -2.36. The second-order valence-corrected chi connectivity index (χ2v) is 6.19. The third-order valence-electron chi connectivity index (χ3n) is 4.92. The molecule has 2 aliphatic heterocycles. The van der Waals surface area contributed by atoms with E-state index in [0.29, 0.717) is 24.2 Å². The Morgan fingerprint density at radius 2 is 2.10 bits per heavy atom. The minimum atomic E-state index is -1.01. The quantitative estimate of drug-likeness (QED) is 0.927. The van der Waals surface area contributed by atoms with E-state index < -0.39 is 5.97 Å². The molecule has 2 heterocycles. The molecule has 114 valence electrons. The van der Waals surface area contributed by atoms with Crippen LogP contribution in [-0.2, 0) is 6.54 Å². The van der Waals surface area contributed by atoms with Crippen LogP contribution in [0.15, 0.2) is 18.2 Å². The number of likely N-dealkylation sites (N-methyl/N-ethyl adjacent to an activating group) is 1. The molecule has 1 N–H and O–H groups in total. The van der Waals surface area contributed by atoms with Gasteiger partial charge in [0.15, 0.2) is 0 Å². The number of nitrogens with zero attached hydrogens (tertiary/aromatic N) is 2. The number of fused-ring (bicyclic) bond motifs is 2. The Balaban J connectivity index is 1.74. The second-order valence-electron chi connectivity index (χ2n) is 6.19. The van der Waals surface area contributed by atoms with Crippen molar-refractivity contribution in [2.75, 3.05) is 20.1 Å². The Hall–Kier alpha value is -1.46. The number of aromatic carboxylic acids is 1. The summed E-state index contributed by atoms with van der Waals surface area (Å²) in [6, 6.07) is 5.23. The first-order valence-electron chi connectivity index (χ1n) is 7.50. The third-order valence-corrected chi connectivity index (χ3v) is 4.92. The SMILES string of the molecule is CN1C2CCC1CN(Cc1cc(C(=O)O)ccc1F)CC2. The van der Waals surface area contributed by atoms with Crippen LogP contribution in [0.3, 0.4) is 0 Å². The first-order valence-corrected chi connectivity index (χ1v) is 7.50. The summed E-state index contributed by atoms with van der Waals surface area (Å²) in [5.41, 5.74) is 0.634. The molecule has 0 saturated carbocycles. The molecule has 5 heteroatoms. The largest absolute Gasteiger partial charge is 0.478 e. The summed E-state index contributed by atoms with van der Waals surface area (Å²) in [5.74, 6) is -1.33. The maximum Gasteiger partial charge on any atom is 0.335 e. The number of benzene rings is 1. The van der Waals surface area contributed by atoms with E-state index in [9.17, 15) is 9.18 Å². The van der Waals surface area contributed by atoms with E-state index in [1.807, 2.05) is 0 Å². The van der Waals surface area contributed by atoms with Crippen molar-refractivity contribution >= 4 is 5.97 Å². The molecule has 0 amide bonds. The van der Waals surface area contributed by atoms with Gasteiger partial charge in [-0.1, -0.05) is 0 Å². The van der Waals surface area contributed by atoms with Crippen LogP contribution >= 0.6 is 0 Å². The van der Waals surface area contributed by atoms with Gasteiger partial charge in [-0.15, -0.1) is 0 Å². The summed E-state index contributed by atoms with van der Waals surface area (Å²) >= 11 is 0. The van der Waals surface area contributed by atoms with Gasteiger partial charge in [-0.2, -0.15) is 0 Å². The number of likely N-dealkylation sites (tertiary alicyclic amines) is 1. The van der Waals surface area contributed by atoms with Crippen molar-refractivity contribution < 1.29 is 14.3 Å². The van der Waals surface area contributed by atoms with Crippen molar-refractivity contribution in [2.45, 2.75) is 37.9 Å². The predicted molar refractivity (Wildman–Crippen MR) is 77.8 cm³/mol. The van der Waals surface area contributed by atoms with E-state index in [-0.39, 0.29) is 11.4 Å². The Kier molecular flexibility index (Phi) is 3.95. The lowest BCUT2D eigenvalue weighted by atomic mass is 10.1. The molecule has 2 fully saturated rings. The van der Waals surface area contributed by atoms with Gasteiger partial charge in [0, 0.05) is 37.3 Å². The van der Waals surface area contributed by atoms with Crippen LogP contribution in [0.5, 0.6) is 0 Å². The molecule has 2 atom stereocenters. The number of rotatable bonds is 3. The van der Waals surface area contributed by atoms with E-state index in [1.54, 1.807) is 0 Å². The molecule has 2 bridgehead atoms. The fraction of sp³-hybridized carbons (Fsp3) is 0.562. The van der Waals surface area contributed by atoms with Crippen molar-refractivity contribution in [1.29, 1.82) is 0 Å². The van der Waals surface area contributed by atoms with Gasteiger partial charge in [0.05, 0.1) is 5.56 Å². The summed E-state index contributed by atoms with van der Waals surface area (Å²) in [5, 5.41) is 9.03.